The second-order valence-electron chi connectivity index (χ2n) is 5.28. The Morgan fingerprint density at radius 2 is 1.72 bits per heavy atom. The third-order valence-corrected chi connectivity index (χ3v) is 4.00. The summed E-state index contributed by atoms with van der Waals surface area (Å²) in [5.41, 5.74) is 0.630. The van der Waals surface area contributed by atoms with E-state index < -0.39 is 0 Å². The van der Waals surface area contributed by atoms with E-state index in [4.69, 9.17) is 28.6 Å². The maximum Gasteiger partial charge on any atom is 0.264 e. The molecule has 3 aromatic rings. The lowest BCUT2D eigenvalue weighted by atomic mass is 10.1. The normalized spacial score (nSPS) is 10.3. The summed E-state index contributed by atoms with van der Waals surface area (Å²) in [7, 11) is 0. The summed E-state index contributed by atoms with van der Waals surface area (Å²) < 4.78 is 5.53. The molecule has 0 atom stereocenters. The summed E-state index contributed by atoms with van der Waals surface area (Å²) in [6.07, 6.45) is 0. The number of carbonyl (C=O) groups is 1. The molecule has 0 saturated carbocycles. The summed E-state index contributed by atoms with van der Waals surface area (Å²) in [6.45, 7) is -0.136. The highest BCUT2D eigenvalue weighted by molar-refractivity contribution is 7.80. The first-order chi connectivity index (χ1) is 12.1. The molecule has 0 aliphatic rings. The molecular weight excluding hydrogens is 356 g/mol. The van der Waals surface area contributed by atoms with Gasteiger partial charge >= 0.3 is 0 Å². The fourth-order valence-electron chi connectivity index (χ4n) is 2.28. The minimum Gasteiger partial charge on any atom is -0.484 e. The summed E-state index contributed by atoms with van der Waals surface area (Å²) in [5, 5.41) is 8.29. The van der Waals surface area contributed by atoms with Crippen molar-refractivity contribution < 1.29 is 9.53 Å². The number of hydrogen-bond donors (Lipinski definition) is 2. The van der Waals surface area contributed by atoms with Crippen molar-refractivity contribution in [3.8, 4) is 5.75 Å². The average Bonchev–Trinajstić information content (AvgIpc) is 2.62. The molecule has 3 rings (SSSR count). The number of rotatable bonds is 4. The summed E-state index contributed by atoms with van der Waals surface area (Å²) in [6, 6.07) is 20.7. The molecule has 3 aromatic carbocycles. The van der Waals surface area contributed by atoms with Crippen molar-refractivity contribution in [1.29, 1.82) is 0 Å². The molecule has 0 saturated heterocycles. The van der Waals surface area contributed by atoms with Crippen LogP contribution >= 0.6 is 23.8 Å². The third kappa shape index (κ3) is 4.68. The predicted octanol–water partition coefficient (Wildman–Crippen LogP) is 4.39. The zero-order valence-electron chi connectivity index (χ0n) is 13.2. The van der Waals surface area contributed by atoms with Gasteiger partial charge in [-0.2, -0.15) is 0 Å². The topological polar surface area (TPSA) is 50.4 Å². The molecular formula is C19H15ClN2O2S. The smallest absolute Gasteiger partial charge is 0.264 e. The monoisotopic (exact) mass is 370 g/mol. The van der Waals surface area contributed by atoms with E-state index in [-0.39, 0.29) is 17.6 Å². The van der Waals surface area contributed by atoms with E-state index in [9.17, 15) is 4.79 Å². The van der Waals surface area contributed by atoms with E-state index in [1.807, 2.05) is 54.6 Å². The van der Waals surface area contributed by atoms with Crippen LogP contribution in [0.5, 0.6) is 5.75 Å². The number of fused-ring (bicyclic) bond motifs is 1. The Morgan fingerprint density at radius 3 is 2.52 bits per heavy atom. The quantitative estimate of drug-likeness (QED) is 0.669. The van der Waals surface area contributed by atoms with Gasteiger partial charge in [0.05, 0.1) is 10.7 Å². The first-order valence-electron chi connectivity index (χ1n) is 7.59. The number of ether oxygens (including phenoxy) is 1. The molecule has 2 N–H and O–H groups in total. The Hall–Kier alpha value is -2.63. The second-order valence-corrected chi connectivity index (χ2v) is 6.10. The SMILES string of the molecule is O=C(COc1ccc2ccccc2c1)NC(=S)Nc1ccccc1Cl. The van der Waals surface area contributed by atoms with Crippen LogP contribution in [0.15, 0.2) is 66.7 Å². The number of halogens is 1. The van der Waals surface area contributed by atoms with Crippen molar-refractivity contribution in [1.82, 2.24) is 5.32 Å². The average molecular weight is 371 g/mol. The molecule has 0 heterocycles. The number of para-hydroxylation sites is 1. The van der Waals surface area contributed by atoms with Gasteiger partial charge in [-0.15, -0.1) is 0 Å². The van der Waals surface area contributed by atoms with Crippen LogP contribution in [0.4, 0.5) is 5.69 Å². The van der Waals surface area contributed by atoms with E-state index in [1.165, 1.54) is 0 Å². The first-order valence-corrected chi connectivity index (χ1v) is 8.37. The Morgan fingerprint density at radius 1 is 1.00 bits per heavy atom. The highest BCUT2D eigenvalue weighted by Crippen LogP contribution is 2.21. The standard InChI is InChI=1S/C19H15ClN2O2S/c20-16-7-3-4-8-17(16)21-19(25)22-18(23)12-24-15-10-9-13-5-1-2-6-14(13)11-15/h1-11H,12H2,(H2,21,22,23,25). The fourth-order valence-corrected chi connectivity index (χ4v) is 2.69. The number of hydrogen-bond acceptors (Lipinski definition) is 3. The van der Waals surface area contributed by atoms with E-state index >= 15 is 0 Å². The Balaban J connectivity index is 1.53. The molecule has 0 aliphatic heterocycles. The first kappa shape index (κ1) is 17.2. The van der Waals surface area contributed by atoms with Gasteiger partial charge in [-0.1, -0.05) is 54.1 Å². The lowest BCUT2D eigenvalue weighted by Crippen LogP contribution is -2.37. The second kappa shape index (κ2) is 7.96. The summed E-state index contributed by atoms with van der Waals surface area (Å²) in [5.74, 6) is 0.275. The van der Waals surface area contributed by atoms with Crippen LogP contribution in [-0.4, -0.2) is 17.6 Å². The highest BCUT2D eigenvalue weighted by atomic mass is 35.5. The van der Waals surface area contributed by atoms with Gasteiger partial charge in [0.15, 0.2) is 11.7 Å². The number of benzene rings is 3. The molecule has 0 fully saturated rings. The molecule has 126 valence electrons. The minimum atomic E-state index is -0.349. The fraction of sp³-hybridized carbons (Fsp3) is 0.0526. The van der Waals surface area contributed by atoms with Crippen molar-refractivity contribution in [3.05, 3.63) is 71.8 Å². The van der Waals surface area contributed by atoms with Gasteiger partial charge in [0.25, 0.3) is 5.91 Å². The van der Waals surface area contributed by atoms with Crippen LogP contribution in [-0.2, 0) is 4.79 Å². The van der Waals surface area contributed by atoms with Crippen LogP contribution in [0.25, 0.3) is 10.8 Å². The lowest BCUT2D eigenvalue weighted by Gasteiger charge is -2.11. The minimum absolute atomic E-state index is 0.136. The molecule has 0 unspecified atom stereocenters. The zero-order valence-corrected chi connectivity index (χ0v) is 14.7. The lowest BCUT2D eigenvalue weighted by molar-refractivity contribution is -0.121. The number of thiocarbonyl (C=S) groups is 1. The molecule has 0 aliphatic carbocycles. The molecule has 0 bridgehead atoms. The molecule has 4 nitrogen and oxygen atoms in total. The van der Waals surface area contributed by atoms with Crippen molar-refractivity contribution in [3.63, 3.8) is 0 Å². The van der Waals surface area contributed by atoms with Gasteiger partial charge in [-0.25, -0.2) is 0 Å². The van der Waals surface area contributed by atoms with Crippen LogP contribution < -0.4 is 15.4 Å². The molecule has 6 heteroatoms. The van der Waals surface area contributed by atoms with Gasteiger partial charge in [0.2, 0.25) is 0 Å². The molecule has 0 radical (unpaired) electrons. The van der Waals surface area contributed by atoms with Crippen LogP contribution in [0.1, 0.15) is 0 Å². The van der Waals surface area contributed by atoms with Gasteiger partial charge in [0, 0.05) is 0 Å². The summed E-state index contributed by atoms with van der Waals surface area (Å²) >= 11 is 11.1. The summed E-state index contributed by atoms with van der Waals surface area (Å²) in [4.78, 5) is 12.0. The highest BCUT2D eigenvalue weighted by Gasteiger charge is 2.08. The van der Waals surface area contributed by atoms with Crippen LogP contribution in [0.3, 0.4) is 0 Å². The van der Waals surface area contributed by atoms with Crippen molar-refractivity contribution in [2.24, 2.45) is 0 Å². The van der Waals surface area contributed by atoms with Crippen molar-refractivity contribution in [2.75, 3.05) is 11.9 Å². The maximum absolute atomic E-state index is 12.0. The Labute approximate surface area is 155 Å². The molecule has 0 spiro atoms. The van der Waals surface area contributed by atoms with Gasteiger partial charge in [-0.3, -0.25) is 10.1 Å². The van der Waals surface area contributed by atoms with Gasteiger partial charge < -0.3 is 10.1 Å². The third-order valence-electron chi connectivity index (χ3n) is 3.47. The number of nitrogens with one attached hydrogen (secondary N) is 2. The Bertz CT molecular complexity index is 930. The number of carbonyl (C=O) groups excluding carboxylic acids is 1. The molecule has 1 amide bonds. The predicted molar refractivity (Wildman–Crippen MR) is 105 cm³/mol. The van der Waals surface area contributed by atoms with Crippen molar-refractivity contribution >= 4 is 51.3 Å². The Kier molecular flexibility index (Phi) is 5.48. The molecule has 0 aromatic heterocycles. The zero-order chi connectivity index (χ0) is 17.6. The van der Waals surface area contributed by atoms with E-state index in [0.717, 1.165) is 10.8 Å². The maximum atomic E-state index is 12.0. The van der Waals surface area contributed by atoms with E-state index in [2.05, 4.69) is 10.6 Å². The van der Waals surface area contributed by atoms with E-state index in [1.54, 1.807) is 12.1 Å². The van der Waals surface area contributed by atoms with E-state index in [0.29, 0.717) is 16.5 Å². The van der Waals surface area contributed by atoms with Gasteiger partial charge in [0.1, 0.15) is 5.75 Å². The number of anilines is 1. The van der Waals surface area contributed by atoms with Crippen LogP contribution in [0, 0.1) is 0 Å². The van der Waals surface area contributed by atoms with Gasteiger partial charge in [-0.05, 0) is 47.3 Å². The van der Waals surface area contributed by atoms with Crippen LogP contribution in [0.2, 0.25) is 5.02 Å². The largest absolute Gasteiger partial charge is 0.484 e. The number of amides is 1. The van der Waals surface area contributed by atoms with Crippen molar-refractivity contribution in [2.45, 2.75) is 0 Å². The molecule has 25 heavy (non-hydrogen) atoms.